The first-order valence-corrected chi connectivity index (χ1v) is 9.35. The summed E-state index contributed by atoms with van der Waals surface area (Å²) in [6.45, 7) is 2.82. The molecule has 0 heterocycles. The molecular formula is C20H35ClN2O. The number of carbonyl (C=O) groups is 1. The predicted octanol–water partition coefficient (Wildman–Crippen LogP) is 5.47. The fourth-order valence-electron chi connectivity index (χ4n) is 2.70. The monoisotopic (exact) mass is 354 g/mol. The van der Waals surface area contributed by atoms with Crippen molar-refractivity contribution in [2.24, 2.45) is 5.73 Å². The Labute approximate surface area is 154 Å². The number of hydrogen-bond acceptors (Lipinski definition) is 2. The summed E-state index contributed by atoms with van der Waals surface area (Å²) in [5.74, 6) is 0.0475. The lowest BCUT2D eigenvalue weighted by Crippen LogP contribution is -2.13. The van der Waals surface area contributed by atoms with E-state index in [1.165, 1.54) is 56.9 Å². The second kappa shape index (κ2) is 15.5. The number of amides is 1. The van der Waals surface area contributed by atoms with Crippen LogP contribution < -0.4 is 11.1 Å². The van der Waals surface area contributed by atoms with E-state index >= 15 is 0 Å². The van der Waals surface area contributed by atoms with E-state index in [1.807, 2.05) is 12.1 Å². The minimum absolute atomic E-state index is 0. The molecule has 0 aliphatic rings. The zero-order valence-electron chi connectivity index (χ0n) is 15.2. The Morgan fingerprint density at radius 2 is 1.50 bits per heavy atom. The lowest BCUT2D eigenvalue weighted by atomic mass is 10.0. The molecule has 1 rings (SSSR count). The summed E-state index contributed by atoms with van der Waals surface area (Å²) in [5, 5.41) is 2.91. The fourth-order valence-corrected chi connectivity index (χ4v) is 2.70. The highest BCUT2D eigenvalue weighted by Gasteiger charge is 2.01. The normalized spacial score (nSPS) is 10.2. The number of aryl methyl sites for hydroxylation is 1. The SMILES string of the molecule is CCCCCCCCCCc1ccc(NC(=O)CCCN)cc1.Cl. The van der Waals surface area contributed by atoms with Gasteiger partial charge in [-0.3, -0.25) is 4.79 Å². The van der Waals surface area contributed by atoms with Gasteiger partial charge in [-0.2, -0.15) is 0 Å². The summed E-state index contributed by atoms with van der Waals surface area (Å²) in [6, 6.07) is 8.25. The molecule has 0 aliphatic carbocycles. The van der Waals surface area contributed by atoms with Gasteiger partial charge in [0.1, 0.15) is 0 Å². The van der Waals surface area contributed by atoms with Gasteiger partial charge >= 0.3 is 0 Å². The van der Waals surface area contributed by atoms with Crippen LogP contribution in [0.1, 0.15) is 76.7 Å². The molecule has 0 unspecified atom stereocenters. The van der Waals surface area contributed by atoms with E-state index in [0.717, 1.165) is 18.5 Å². The maximum absolute atomic E-state index is 11.6. The Morgan fingerprint density at radius 1 is 0.917 bits per heavy atom. The van der Waals surface area contributed by atoms with Crippen LogP contribution >= 0.6 is 12.4 Å². The highest BCUT2D eigenvalue weighted by molar-refractivity contribution is 5.90. The van der Waals surface area contributed by atoms with E-state index in [0.29, 0.717) is 13.0 Å². The quantitative estimate of drug-likeness (QED) is 0.461. The molecule has 3 nitrogen and oxygen atoms in total. The lowest BCUT2D eigenvalue weighted by molar-refractivity contribution is -0.116. The van der Waals surface area contributed by atoms with E-state index < -0.39 is 0 Å². The second-order valence-corrected chi connectivity index (χ2v) is 6.36. The van der Waals surface area contributed by atoms with Crippen LogP contribution in [-0.2, 0) is 11.2 Å². The number of halogens is 1. The zero-order valence-corrected chi connectivity index (χ0v) is 16.0. The largest absolute Gasteiger partial charge is 0.330 e. The maximum Gasteiger partial charge on any atom is 0.224 e. The van der Waals surface area contributed by atoms with Gasteiger partial charge in [0.2, 0.25) is 5.91 Å². The van der Waals surface area contributed by atoms with Crippen LogP contribution in [0, 0.1) is 0 Å². The molecule has 3 N–H and O–H groups in total. The third kappa shape index (κ3) is 11.5. The van der Waals surface area contributed by atoms with Crippen LogP contribution in [0.15, 0.2) is 24.3 Å². The molecule has 0 bridgehead atoms. The van der Waals surface area contributed by atoms with Crippen LogP contribution in [0.4, 0.5) is 5.69 Å². The number of unbranched alkanes of at least 4 members (excludes halogenated alkanes) is 7. The summed E-state index contributed by atoms with van der Waals surface area (Å²) in [6.07, 6.45) is 13.2. The Balaban J connectivity index is 0.00000529. The van der Waals surface area contributed by atoms with Gasteiger partial charge in [-0.15, -0.1) is 12.4 Å². The molecule has 0 fully saturated rings. The lowest BCUT2D eigenvalue weighted by Gasteiger charge is -2.06. The molecule has 0 aliphatic heterocycles. The van der Waals surface area contributed by atoms with Crippen molar-refractivity contribution in [2.45, 2.75) is 77.6 Å². The molecule has 4 heteroatoms. The molecule has 24 heavy (non-hydrogen) atoms. The zero-order chi connectivity index (χ0) is 16.8. The van der Waals surface area contributed by atoms with Gasteiger partial charge in [0.15, 0.2) is 0 Å². The fraction of sp³-hybridized carbons (Fsp3) is 0.650. The van der Waals surface area contributed by atoms with Crippen molar-refractivity contribution in [1.82, 2.24) is 0 Å². The molecule has 1 aromatic carbocycles. The van der Waals surface area contributed by atoms with Gasteiger partial charge in [0.05, 0.1) is 0 Å². The predicted molar refractivity (Wildman–Crippen MR) is 107 cm³/mol. The van der Waals surface area contributed by atoms with Crippen LogP contribution in [0.3, 0.4) is 0 Å². The Hall–Kier alpha value is -1.06. The first-order valence-electron chi connectivity index (χ1n) is 9.35. The number of carbonyl (C=O) groups excluding carboxylic acids is 1. The van der Waals surface area contributed by atoms with Gasteiger partial charge in [-0.05, 0) is 43.5 Å². The van der Waals surface area contributed by atoms with E-state index in [-0.39, 0.29) is 18.3 Å². The van der Waals surface area contributed by atoms with Gasteiger partial charge in [-0.1, -0.05) is 64.0 Å². The van der Waals surface area contributed by atoms with Gasteiger partial charge < -0.3 is 11.1 Å². The first kappa shape index (κ1) is 22.9. The highest BCUT2D eigenvalue weighted by Crippen LogP contribution is 2.14. The summed E-state index contributed by atoms with van der Waals surface area (Å²) >= 11 is 0. The van der Waals surface area contributed by atoms with Crippen LogP contribution in [0.25, 0.3) is 0 Å². The number of nitrogens with one attached hydrogen (secondary N) is 1. The third-order valence-electron chi connectivity index (χ3n) is 4.16. The van der Waals surface area contributed by atoms with Crippen LogP contribution in [-0.4, -0.2) is 12.5 Å². The van der Waals surface area contributed by atoms with E-state index in [2.05, 4.69) is 24.4 Å². The molecule has 0 saturated heterocycles. The molecule has 0 atom stereocenters. The molecular weight excluding hydrogens is 320 g/mol. The summed E-state index contributed by atoms with van der Waals surface area (Å²) in [7, 11) is 0. The molecule has 0 saturated carbocycles. The summed E-state index contributed by atoms with van der Waals surface area (Å²) in [5.41, 5.74) is 7.65. The topological polar surface area (TPSA) is 55.1 Å². The van der Waals surface area contributed by atoms with Crippen molar-refractivity contribution in [3.63, 3.8) is 0 Å². The third-order valence-corrected chi connectivity index (χ3v) is 4.16. The molecule has 1 aromatic rings. The number of benzene rings is 1. The highest BCUT2D eigenvalue weighted by atomic mass is 35.5. The van der Waals surface area contributed by atoms with Crippen molar-refractivity contribution in [1.29, 1.82) is 0 Å². The first-order chi connectivity index (χ1) is 11.3. The van der Waals surface area contributed by atoms with Gasteiger partial charge in [0.25, 0.3) is 0 Å². The van der Waals surface area contributed by atoms with Crippen molar-refractivity contribution in [3.8, 4) is 0 Å². The van der Waals surface area contributed by atoms with E-state index in [9.17, 15) is 4.79 Å². The van der Waals surface area contributed by atoms with Crippen LogP contribution in [0.5, 0.6) is 0 Å². The standard InChI is InChI=1S/C20H34N2O.ClH/c1-2-3-4-5-6-7-8-9-11-18-13-15-19(16-14-18)22-20(23)12-10-17-21;/h13-16H,2-12,17,21H2,1H3,(H,22,23);1H. The van der Waals surface area contributed by atoms with Crippen molar-refractivity contribution >= 4 is 24.0 Å². The van der Waals surface area contributed by atoms with E-state index in [1.54, 1.807) is 0 Å². The van der Waals surface area contributed by atoms with Crippen molar-refractivity contribution < 1.29 is 4.79 Å². The molecule has 0 aromatic heterocycles. The smallest absolute Gasteiger partial charge is 0.224 e. The number of nitrogens with two attached hydrogens (primary N) is 1. The molecule has 0 radical (unpaired) electrons. The Morgan fingerprint density at radius 3 is 2.08 bits per heavy atom. The minimum atomic E-state index is 0. The number of hydrogen-bond donors (Lipinski definition) is 2. The number of anilines is 1. The average Bonchev–Trinajstić information content (AvgIpc) is 2.57. The second-order valence-electron chi connectivity index (χ2n) is 6.36. The van der Waals surface area contributed by atoms with Gasteiger partial charge in [0, 0.05) is 12.1 Å². The maximum atomic E-state index is 11.6. The van der Waals surface area contributed by atoms with Crippen molar-refractivity contribution in [2.75, 3.05) is 11.9 Å². The molecule has 138 valence electrons. The Bertz CT molecular complexity index is 420. The minimum Gasteiger partial charge on any atom is -0.330 e. The van der Waals surface area contributed by atoms with Gasteiger partial charge in [-0.25, -0.2) is 0 Å². The summed E-state index contributed by atoms with van der Waals surface area (Å²) < 4.78 is 0. The summed E-state index contributed by atoms with van der Waals surface area (Å²) in [4.78, 5) is 11.6. The average molecular weight is 355 g/mol. The number of rotatable bonds is 13. The van der Waals surface area contributed by atoms with Crippen molar-refractivity contribution in [3.05, 3.63) is 29.8 Å². The molecule has 0 spiro atoms. The van der Waals surface area contributed by atoms with E-state index in [4.69, 9.17) is 5.73 Å². The van der Waals surface area contributed by atoms with Crippen LogP contribution in [0.2, 0.25) is 0 Å². The Kier molecular flexibility index (Phi) is 14.8. The molecule has 1 amide bonds.